The molecule has 1 rings (SSSR count). The molecule has 0 bridgehead atoms. The number of amides is 3. The van der Waals surface area contributed by atoms with E-state index in [-0.39, 0.29) is 24.4 Å². The van der Waals surface area contributed by atoms with E-state index in [4.69, 9.17) is 4.74 Å². The van der Waals surface area contributed by atoms with Gasteiger partial charge in [-0.05, 0) is 71.1 Å². The first-order valence-corrected chi connectivity index (χ1v) is 14.0. The monoisotopic (exact) mass is 517 g/mol. The molecule has 7 heteroatoms. The van der Waals surface area contributed by atoms with Gasteiger partial charge in [0.25, 0.3) is 0 Å². The topological polar surface area (TPSA) is 87.7 Å². The summed E-state index contributed by atoms with van der Waals surface area (Å²) in [7, 11) is 0. The first kappa shape index (κ1) is 32.5. The number of alkyl carbamates (subject to hydrolysis) is 1. The van der Waals surface area contributed by atoms with E-state index in [0.717, 1.165) is 48.8 Å². The molecular formula is C30H51N3O4. The van der Waals surface area contributed by atoms with Crippen LogP contribution in [0.25, 0.3) is 0 Å². The Morgan fingerprint density at radius 1 is 0.946 bits per heavy atom. The van der Waals surface area contributed by atoms with Gasteiger partial charge in [-0.1, -0.05) is 70.6 Å². The van der Waals surface area contributed by atoms with Crippen molar-refractivity contribution in [3.63, 3.8) is 0 Å². The van der Waals surface area contributed by atoms with E-state index in [2.05, 4.69) is 24.5 Å². The smallest absolute Gasteiger partial charge is 0.408 e. The van der Waals surface area contributed by atoms with Gasteiger partial charge in [0, 0.05) is 12.6 Å². The zero-order valence-corrected chi connectivity index (χ0v) is 24.5. The molecule has 0 saturated carbocycles. The van der Waals surface area contributed by atoms with Crippen molar-refractivity contribution in [2.75, 3.05) is 13.1 Å². The SMILES string of the molecule is CCCCCCCCN(C(=O)CNC(=O)OC(C)(C)C)C(C(=O)NC(C)CCC)c1c(C)cccc1C. The van der Waals surface area contributed by atoms with Crippen molar-refractivity contribution in [2.24, 2.45) is 0 Å². The number of hydrogen-bond donors (Lipinski definition) is 2. The molecule has 3 amide bonds. The van der Waals surface area contributed by atoms with Crippen LogP contribution in [0, 0.1) is 13.8 Å². The third kappa shape index (κ3) is 12.0. The van der Waals surface area contributed by atoms with Gasteiger partial charge < -0.3 is 20.3 Å². The Kier molecular flexibility index (Phi) is 14.3. The number of hydrogen-bond acceptors (Lipinski definition) is 4. The molecule has 0 radical (unpaired) electrons. The summed E-state index contributed by atoms with van der Waals surface area (Å²) < 4.78 is 5.31. The predicted octanol–water partition coefficient (Wildman–Crippen LogP) is 6.36. The van der Waals surface area contributed by atoms with Crippen LogP contribution >= 0.6 is 0 Å². The van der Waals surface area contributed by atoms with E-state index in [1.165, 1.54) is 19.3 Å². The number of benzene rings is 1. The molecule has 2 N–H and O–H groups in total. The Balaban J connectivity index is 3.28. The summed E-state index contributed by atoms with van der Waals surface area (Å²) in [5.41, 5.74) is 2.11. The van der Waals surface area contributed by atoms with E-state index in [9.17, 15) is 14.4 Å². The average Bonchev–Trinajstić information content (AvgIpc) is 2.79. The van der Waals surface area contributed by atoms with Crippen molar-refractivity contribution in [1.29, 1.82) is 0 Å². The Hall–Kier alpha value is -2.57. The fourth-order valence-corrected chi connectivity index (χ4v) is 4.54. The number of carbonyl (C=O) groups excluding carboxylic acids is 3. The Labute approximate surface area is 225 Å². The highest BCUT2D eigenvalue weighted by Crippen LogP contribution is 2.29. The minimum Gasteiger partial charge on any atom is -0.444 e. The number of rotatable bonds is 15. The van der Waals surface area contributed by atoms with Gasteiger partial charge in [0.1, 0.15) is 18.2 Å². The van der Waals surface area contributed by atoms with Crippen molar-refractivity contribution < 1.29 is 19.1 Å². The first-order chi connectivity index (χ1) is 17.4. The van der Waals surface area contributed by atoms with Gasteiger partial charge in [-0.2, -0.15) is 0 Å². The standard InChI is InChI=1S/C30H51N3O4/c1-9-11-12-13-14-15-20-33(25(34)21-31-29(36)37-30(6,7)8)27(28(35)32-24(5)17-10-2)26-22(3)18-16-19-23(26)4/h16,18-19,24,27H,9-15,17,20-21H2,1-8H3,(H,31,36)(H,32,35). The highest BCUT2D eigenvalue weighted by atomic mass is 16.6. The molecule has 210 valence electrons. The molecule has 7 nitrogen and oxygen atoms in total. The number of carbonyl (C=O) groups is 3. The molecule has 0 aromatic heterocycles. The second kappa shape index (κ2) is 16.3. The molecule has 0 fully saturated rings. The van der Waals surface area contributed by atoms with Crippen molar-refractivity contribution in [2.45, 2.75) is 124 Å². The average molecular weight is 518 g/mol. The largest absolute Gasteiger partial charge is 0.444 e. The van der Waals surface area contributed by atoms with Crippen molar-refractivity contribution >= 4 is 17.9 Å². The third-order valence-corrected chi connectivity index (χ3v) is 6.34. The molecule has 1 aromatic rings. The summed E-state index contributed by atoms with van der Waals surface area (Å²) in [5, 5.41) is 5.73. The molecule has 0 saturated heterocycles. The highest BCUT2D eigenvalue weighted by molar-refractivity contribution is 5.91. The minimum atomic E-state index is -0.774. The second-order valence-electron chi connectivity index (χ2n) is 11.1. The van der Waals surface area contributed by atoms with Gasteiger partial charge in [-0.15, -0.1) is 0 Å². The van der Waals surface area contributed by atoms with Crippen LogP contribution in [0.3, 0.4) is 0 Å². The van der Waals surface area contributed by atoms with Crippen LogP contribution in [0.15, 0.2) is 18.2 Å². The van der Waals surface area contributed by atoms with Gasteiger partial charge in [-0.3, -0.25) is 9.59 Å². The Morgan fingerprint density at radius 3 is 2.11 bits per heavy atom. The van der Waals surface area contributed by atoms with Gasteiger partial charge >= 0.3 is 6.09 Å². The molecular weight excluding hydrogens is 466 g/mol. The summed E-state index contributed by atoms with van der Waals surface area (Å²) in [6, 6.07) is 5.14. The fourth-order valence-electron chi connectivity index (χ4n) is 4.54. The fraction of sp³-hybridized carbons (Fsp3) is 0.700. The second-order valence-corrected chi connectivity index (χ2v) is 11.1. The molecule has 0 spiro atoms. The van der Waals surface area contributed by atoms with Crippen molar-refractivity contribution in [1.82, 2.24) is 15.5 Å². The van der Waals surface area contributed by atoms with Crippen molar-refractivity contribution in [3.05, 3.63) is 34.9 Å². The number of nitrogens with zero attached hydrogens (tertiary/aromatic N) is 1. The maximum Gasteiger partial charge on any atom is 0.408 e. The molecule has 2 atom stereocenters. The Bertz CT molecular complexity index is 843. The zero-order valence-electron chi connectivity index (χ0n) is 24.5. The minimum absolute atomic E-state index is 0.00444. The van der Waals surface area contributed by atoms with Crippen LogP contribution in [-0.2, 0) is 14.3 Å². The van der Waals surface area contributed by atoms with E-state index in [1.807, 2.05) is 39.0 Å². The summed E-state index contributed by atoms with van der Waals surface area (Å²) in [4.78, 5) is 41.3. The van der Waals surface area contributed by atoms with Gasteiger partial charge in [-0.25, -0.2) is 4.79 Å². The summed E-state index contributed by atoms with van der Waals surface area (Å²) in [6.45, 7) is 15.8. The van der Waals surface area contributed by atoms with Crippen LogP contribution < -0.4 is 10.6 Å². The quantitative estimate of drug-likeness (QED) is 0.265. The van der Waals surface area contributed by atoms with E-state index < -0.39 is 17.7 Å². The molecule has 37 heavy (non-hydrogen) atoms. The van der Waals surface area contributed by atoms with E-state index >= 15 is 0 Å². The van der Waals surface area contributed by atoms with Crippen LogP contribution in [0.5, 0.6) is 0 Å². The van der Waals surface area contributed by atoms with Gasteiger partial charge in [0.05, 0.1) is 0 Å². The number of nitrogens with one attached hydrogen (secondary N) is 2. The Morgan fingerprint density at radius 2 is 1.54 bits per heavy atom. The van der Waals surface area contributed by atoms with Crippen LogP contribution in [0.2, 0.25) is 0 Å². The summed E-state index contributed by atoms with van der Waals surface area (Å²) in [6.07, 6.45) is 7.58. The molecule has 0 heterocycles. The van der Waals surface area contributed by atoms with Crippen molar-refractivity contribution in [3.8, 4) is 0 Å². The van der Waals surface area contributed by atoms with Gasteiger partial charge in [0.15, 0.2) is 0 Å². The van der Waals surface area contributed by atoms with Gasteiger partial charge in [0.2, 0.25) is 11.8 Å². The molecule has 0 aliphatic heterocycles. The lowest BCUT2D eigenvalue weighted by molar-refractivity contribution is -0.140. The lowest BCUT2D eigenvalue weighted by Crippen LogP contribution is -2.49. The summed E-state index contributed by atoms with van der Waals surface area (Å²) in [5.74, 6) is -0.486. The zero-order chi connectivity index (χ0) is 28.0. The lowest BCUT2D eigenvalue weighted by atomic mass is 9.93. The van der Waals surface area contributed by atoms with Crippen LogP contribution in [0.1, 0.15) is 116 Å². The number of unbranched alkanes of at least 4 members (excludes halogenated alkanes) is 5. The van der Waals surface area contributed by atoms with E-state index in [0.29, 0.717) is 6.54 Å². The molecule has 0 aliphatic carbocycles. The first-order valence-electron chi connectivity index (χ1n) is 14.0. The lowest BCUT2D eigenvalue weighted by Gasteiger charge is -2.34. The van der Waals surface area contributed by atoms with E-state index in [1.54, 1.807) is 25.7 Å². The highest BCUT2D eigenvalue weighted by Gasteiger charge is 2.34. The maximum atomic E-state index is 13.8. The molecule has 1 aromatic carbocycles. The normalized spacial score (nSPS) is 13.0. The number of aryl methyl sites for hydroxylation is 2. The maximum absolute atomic E-state index is 13.8. The van der Waals surface area contributed by atoms with Crippen LogP contribution in [0.4, 0.5) is 4.79 Å². The van der Waals surface area contributed by atoms with Crippen LogP contribution in [-0.4, -0.2) is 47.5 Å². The third-order valence-electron chi connectivity index (χ3n) is 6.34. The molecule has 2 unspecified atom stereocenters. The summed E-state index contributed by atoms with van der Waals surface area (Å²) >= 11 is 0. The predicted molar refractivity (Wildman–Crippen MR) is 150 cm³/mol. The number of ether oxygens (including phenoxy) is 1. The molecule has 0 aliphatic rings.